The summed E-state index contributed by atoms with van der Waals surface area (Å²) in [6.07, 6.45) is 22.4. The summed E-state index contributed by atoms with van der Waals surface area (Å²) in [5.41, 5.74) is 26.0. The van der Waals surface area contributed by atoms with Gasteiger partial charge in [-0.2, -0.15) is 0 Å². The molecule has 9 aromatic carbocycles. The maximum absolute atomic E-state index is 4.46. The van der Waals surface area contributed by atoms with Gasteiger partial charge in [0.2, 0.25) is 0 Å². The number of benzene rings is 9. The largest absolute Gasteiger partial charge is 0.361 e. The molecule has 1 N–H and O–H groups in total. The van der Waals surface area contributed by atoms with Crippen molar-refractivity contribution in [1.82, 2.24) is 34.6 Å². The summed E-state index contributed by atoms with van der Waals surface area (Å²) in [7, 11) is 0. The lowest BCUT2D eigenvalue weighted by Crippen LogP contribution is -2.41. The molecule has 7 heterocycles. The number of pyridine rings is 1. The van der Waals surface area contributed by atoms with Gasteiger partial charge in [-0.1, -0.05) is 451 Å². The molecule has 7 aliphatic rings. The molecule has 0 radical (unpaired) electrons. The quantitative estimate of drug-likeness (QED) is 0.139. The number of likely N-dealkylation sites (tertiary alicyclic amines) is 1. The number of rotatable bonds is 11. The number of hydrogen-bond acceptors (Lipinski definition) is 7. The Kier molecular flexibility index (Phi) is 83.2. The third-order valence-electron chi connectivity index (χ3n) is 25.9. The van der Waals surface area contributed by atoms with Crippen LogP contribution in [0.2, 0.25) is 0 Å². The third kappa shape index (κ3) is 53.1. The monoisotopic (exact) mass is 1990 g/mol. The lowest BCUT2D eigenvalue weighted by molar-refractivity contribution is 0.138. The molecule has 4 aliphatic heterocycles. The SMILES string of the molecule is CC.CC.CC.CC.CC.CC.CC.CC.CC.CC.CC.CC(C)C1CCc2ccccc21.CC(C)C1CCc2ccccc2C1.CC(C)C1Cc2ccccc2C1.CC(C)N1CCC1.CC(C)N1CCc2ccccc2C1.CC(C)N1Cc2ccccc2C1.CC(C)c1ccc2[nH]ccc2c1.CC(C)c1ccc2c(c1)CC=N2.CC(C)c1ccccc1.CC(C)c1ccncc1.CC(C)c1ncc2ccccc2n1. The zero-order valence-electron chi connectivity index (χ0n) is 102. The zero-order chi connectivity index (χ0) is 111. The summed E-state index contributed by atoms with van der Waals surface area (Å²) >= 11 is 0. The number of aryl methyl sites for hydroxylation is 2. The second-order valence-corrected chi connectivity index (χ2v) is 38.6. The molecular weight excluding hydrogens is 1770 g/mol. The van der Waals surface area contributed by atoms with Crippen LogP contribution in [0.3, 0.4) is 0 Å². The maximum atomic E-state index is 4.46. The van der Waals surface area contributed by atoms with E-state index >= 15 is 0 Å². The molecule has 3 aromatic heterocycles. The van der Waals surface area contributed by atoms with E-state index in [1.807, 2.05) is 226 Å². The highest BCUT2D eigenvalue weighted by Crippen LogP contribution is 2.39. The van der Waals surface area contributed by atoms with Crippen LogP contribution in [0.4, 0.5) is 5.69 Å². The standard InChI is InChI=1S/C13H18.C12H17N.2C12H16.C11H12N2.2C11H13N.C11H15N.C9H12.C8H11N.C6H13N.11C2H6/c1-10(2)12-8-7-11-5-3-4-6-13(11)9-12;1-10(2)13-8-7-11-5-3-4-6-12(11)9-13;1-9(2)12-7-10-5-3-4-6-11(10)8-12;1-9(2)11-8-7-10-5-3-4-6-12(10)11;1-8(2)11-12-7-9-5-3-4-6-10(9)13-11;2*1-8(2)9-3-4-11-10(7-9)5-6-12-11;1-9(2)12-7-10-5-3-4-6-11(10)8-12;1-8(2)9-6-4-3-5-7-9;1-7(2)8-3-5-9-6-4-8;1-6(2)7-4-3-5-7;11*1-2/h3-6,10,12H,7-9H2,1-2H3;3-6,10H,7-9H2,1-2H3;3-6,9,12H,7-8H2,1-2H3;3-6,9,11H,7-8H2,1-2H3;3-8H,1-2H3;3-4,6-8H,5H2,1-2H3;3-8,12H,1-2H3;3-6,9H,7-8H2,1-2H3;3-8H,1-2H3;3-7H,1-2H3;6H,3-5H2,1-2H3;11*1-2H3. The molecular formula is C138H222N8. The van der Waals surface area contributed by atoms with Crippen molar-refractivity contribution in [2.45, 2.75) is 442 Å². The number of aliphatic imine (C=N–C) groups is 1. The van der Waals surface area contributed by atoms with Crippen LogP contribution in [0, 0.1) is 29.6 Å². The molecule has 1 saturated heterocycles. The molecule has 8 nitrogen and oxygen atoms in total. The van der Waals surface area contributed by atoms with Gasteiger partial charge in [0, 0.05) is 98.5 Å². The molecule has 0 bridgehead atoms. The number of nitrogens with zero attached hydrogens (tertiary/aromatic N) is 7. The van der Waals surface area contributed by atoms with E-state index in [0.717, 1.165) is 90.0 Å². The number of nitrogens with one attached hydrogen (secondary N) is 1. The average molecular weight is 1990 g/mol. The fraction of sp³-hybridized carbons (Fsp3) is 0.536. The molecule has 1 fully saturated rings. The van der Waals surface area contributed by atoms with Crippen molar-refractivity contribution in [1.29, 1.82) is 0 Å². The first kappa shape index (κ1) is 141. The van der Waals surface area contributed by atoms with Gasteiger partial charge in [0.25, 0.3) is 0 Å². The molecule has 0 amide bonds. The Morgan fingerprint density at radius 3 is 1.14 bits per heavy atom. The normalized spacial score (nSPS) is 13.9. The number of fused-ring (bicyclic) bond motifs is 8. The Bertz CT molecular complexity index is 4860. The van der Waals surface area contributed by atoms with E-state index in [1.54, 1.807) is 38.9 Å². The second kappa shape index (κ2) is 86.4. The van der Waals surface area contributed by atoms with Crippen LogP contribution in [-0.4, -0.2) is 78.6 Å². The first-order valence-electron chi connectivity index (χ1n) is 58.6. The van der Waals surface area contributed by atoms with Gasteiger partial charge in [-0.05, 0) is 303 Å². The molecule has 3 aliphatic carbocycles. The van der Waals surface area contributed by atoms with Crippen LogP contribution in [0.5, 0.6) is 0 Å². The van der Waals surface area contributed by atoms with E-state index in [1.165, 1.54) is 133 Å². The molecule has 0 spiro atoms. The minimum Gasteiger partial charge on any atom is -0.361 e. The topological polar surface area (TPSA) is 76.5 Å². The Labute approximate surface area is 903 Å². The van der Waals surface area contributed by atoms with Crippen molar-refractivity contribution in [3.63, 3.8) is 0 Å². The number of H-pyrrole nitrogens is 1. The van der Waals surface area contributed by atoms with Gasteiger partial charge in [0.1, 0.15) is 5.82 Å². The van der Waals surface area contributed by atoms with Crippen LogP contribution in [0.25, 0.3) is 21.8 Å². The number of para-hydroxylation sites is 1. The smallest absolute Gasteiger partial charge is 0.131 e. The summed E-state index contributed by atoms with van der Waals surface area (Å²) in [6, 6.07) is 84.2. The lowest BCUT2D eigenvalue weighted by Gasteiger charge is -2.34. The van der Waals surface area contributed by atoms with E-state index < -0.39 is 0 Å². The fourth-order valence-electron chi connectivity index (χ4n) is 17.0. The van der Waals surface area contributed by atoms with E-state index in [0.29, 0.717) is 41.7 Å². The third-order valence-corrected chi connectivity index (χ3v) is 25.9. The predicted molar refractivity (Wildman–Crippen MR) is 661 cm³/mol. The van der Waals surface area contributed by atoms with E-state index in [-0.39, 0.29) is 0 Å². The van der Waals surface area contributed by atoms with Gasteiger partial charge < -0.3 is 9.88 Å². The van der Waals surface area contributed by atoms with Crippen molar-refractivity contribution in [3.8, 4) is 0 Å². The van der Waals surface area contributed by atoms with E-state index in [4.69, 9.17) is 0 Å². The van der Waals surface area contributed by atoms with Gasteiger partial charge in [-0.3, -0.25) is 19.8 Å². The minimum atomic E-state index is 0.393. The van der Waals surface area contributed by atoms with Crippen molar-refractivity contribution in [3.05, 3.63) is 345 Å². The second-order valence-electron chi connectivity index (χ2n) is 38.6. The zero-order valence-corrected chi connectivity index (χ0v) is 102. The van der Waals surface area contributed by atoms with Crippen LogP contribution in [0.15, 0.2) is 260 Å². The van der Waals surface area contributed by atoms with Crippen LogP contribution in [0.1, 0.15) is 449 Å². The molecule has 2 unspecified atom stereocenters. The predicted octanol–water partition coefficient (Wildman–Crippen LogP) is 41.3. The highest BCUT2D eigenvalue weighted by molar-refractivity contribution is 5.80. The van der Waals surface area contributed by atoms with Crippen molar-refractivity contribution in [2.75, 3.05) is 19.6 Å². The molecule has 12 aromatic rings. The Balaban J connectivity index is -0.00000151. The molecule has 8 heteroatoms. The maximum Gasteiger partial charge on any atom is 0.131 e. The van der Waals surface area contributed by atoms with E-state index in [9.17, 15) is 0 Å². The van der Waals surface area contributed by atoms with Crippen LogP contribution in [-0.2, 0) is 64.6 Å². The van der Waals surface area contributed by atoms with E-state index in [2.05, 4.69) is 380 Å². The first-order chi connectivity index (χ1) is 70.6. The minimum absolute atomic E-state index is 0.393. The fourth-order valence-corrected chi connectivity index (χ4v) is 17.0. The molecule has 2 atom stereocenters. The molecule has 146 heavy (non-hydrogen) atoms. The highest BCUT2D eigenvalue weighted by Gasteiger charge is 2.27. The summed E-state index contributed by atoms with van der Waals surface area (Å²) in [6.45, 7) is 101. The first-order valence-corrected chi connectivity index (χ1v) is 58.6. The van der Waals surface area contributed by atoms with Gasteiger partial charge in [-0.15, -0.1) is 0 Å². The summed E-state index contributed by atoms with van der Waals surface area (Å²) in [5.74, 6) is 8.92. The Hall–Kier alpha value is -9.44. The number of aromatic amines is 1. The summed E-state index contributed by atoms with van der Waals surface area (Å²) < 4.78 is 0. The molecule has 814 valence electrons. The highest BCUT2D eigenvalue weighted by atomic mass is 15.2. The van der Waals surface area contributed by atoms with Gasteiger partial charge >= 0.3 is 0 Å². The molecule has 19 rings (SSSR count). The average Bonchev–Trinajstić information content (AvgIpc) is 0.892. The van der Waals surface area contributed by atoms with Crippen LogP contribution < -0.4 is 0 Å². The Morgan fingerprint density at radius 1 is 0.301 bits per heavy atom. The number of hydrogen-bond donors (Lipinski definition) is 1. The van der Waals surface area contributed by atoms with Crippen molar-refractivity contribution < 1.29 is 0 Å². The van der Waals surface area contributed by atoms with Crippen molar-refractivity contribution >= 4 is 33.7 Å². The van der Waals surface area contributed by atoms with Crippen LogP contribution >= 0.6 is 0 Å². The Morgan fingerprint density at radius 2 is 0.699 bits per heavy atom. The van der Waals surface area contributed by atoms with Gasteiger partial charge in [-0.25, -0.2) is 9.97 Å². The number of aromatic nitrogens is 4. The summed E-state index contributed by atoms with van der Waals surface area (Å²) in [5, 5.41) is 2.41. The van der Waals surface area contributed by atoms with Gasteiger partial charge in [0.05, 0.1) is 11.2 Å². The van der Waals surface area contributed by atoms with Gasteiger partial charge in [0.15, 0.2) is 0 Å². The summed E-state index contributed by atoms with van der Waals surface area (Å²) in [4.78, 5) is 27.6. The lowest BCUT2D eigenvalue weighted by atomic mass is 9.78. The molecule has 0 saturated carbocycles. The van der Waals surface area contributed by atoms with Crippen molar-refractivity contribution in [2.24, 2.45) is 34.6 Å².